The second kappa shape index (κ2) is 8.72. The van der Waals surface area contributed by atoms with Crippen molar-refractivity contribution < 1.29 is 14.3 Å². The topological polar surface area (TPSA) is 51.7 Å². The van der Waals surface area contributed by atoms with Gasteiger partial charge in [-0.05, 0) is 42.3 Å². The highest BCUT2D eigenvalue weighted by Crippen LogP contribution is 2.28. The van der Waals surface area contributed by atoms with Crippen LogP contribution in [0.25, 0.3) is 6.08 Å². The zero-order valence-corrected chi connectivity index (χ0v) is 14.2. The van der Waals surface area contributed by atoms with Gasteiger partial charge in [-0.2, -0.15) is 0 Å². The molecule has 0 bridgehead atoms. The Morgan fingerprint density at radius 3 is 2.79 bits per heavy atom. The smallest absolute Gasteiger partial charge is 0.246 e. The van der Waals surface area contributed by atoms with Gasteiger partial charge < -0.3 is 14.4 Å². The van der Waals surface area contributed by atoms with E-state index in [1.54, 1.807) is 43.6 Å². The first-order chi connectivity index (χ1) is 11.6. The lowest BCUT2D eigenvalue weighted by Crippen LogP contribution is -2.24. The van der Waals surface area contributed by atoms with Crippen LogP contribution in [0, 0.1) is 0 Å². The van der Waals surface area contributed by atoms with E-state index in [1.807, 2.05) is 37.3 Å². The third kappa shape index (κ3) is 4.84. The second-order valence-corrected chi connectivity index (χ2v) is 5.23. The predicted octanol–water partition coefficient (Wildman–Crippen LogP) is 3.16. The Hall–Kier alpha value is -2.82. The summed E-state index contributed by atoms with van der Waals surface area (Å²) in [5.74, 6) is 1.26. The molecule has 0 fully saturated rings. The first-order valence-corrected chi connectivity index (χ1v) is 7.77. The molecule has 0 spiro atoms. The van der Waals surface area contributed by atoms with Gasteiger partial charge in [0, 0.05) is 32.1 Å². The van der Waals surface area contributed by atoms with Crippen molar-refractivity contribution >= 4 is 12.0 Å². The second-order valence-electron chi connectivity index (χ2n) is 5.23. The van der Waals surface area contributed by atoms with Gasteiger partial charge in [0.1, 0.15) is 0 Å². The molecule has 1 amide bonds. The number of likely N-dealkylation sites (N-methyl/N-ethyl adjacent to an activating group) is 1. The predicted molar refractivity (Wildman–Crippen MR) is 93.9 cm³/mol. The Morgan fingerprint density at radius 2 is 2.12 bits per heavy atom. The highest BCUT2D eigenvalue weighted by Gasteiger charge is 2.07. The molecule has 1 aromatic carbocycles. The van der Waals surface area contributed by atoms with E-state index in [1.165, 1.54) is 0 Å². The van der Waals surface area contributed by atoms with Crippen molar-refractivity contribution in [3.8, 4) is 11.5 Å². The van der Waals surface area contributed by atoms with Gasteiger partial charge in [-0.1, -0.05) is 12.1 Å². The molecule has 1 aromatic heterocycles. The Labute approximate surface area is 142 Å². The monoisotopic (exact) mass is 326 g/mol. The van der Waals surface area contributed by atoms with E-state index in [4.69, 9.17) is 9.47 Å². The summed E-state index contributed by atoms with van der Waals surface area (Å²) in [6, 6.07) is 9.36. The van der Waals surface area contributed by atoms with E-state index >= 15 is 0 Å². The molecule has 0 aliphatic heterocycles. The highest BCUT2D eigenvalue weighted by atomic mass is 16.5. The van der Waals surface area contributed by atoms with Crippen LogP contribution >= 0.6 is 0 Å². The number of amides is 1. The molecule has 2 rings (SSSR count). The van der Waals surface area contributed by atoms with Crippen molar-refractivity contribution in [2.24, 2.45) is 0 Å². The summed E-state index contributed by atoms with van der Waals surface area (Å²) in [4.78, 5) is 17.9. The number of ether oxygens (including phenoxy) is 2. The Kier molecular flexibility index (Phi) is 6.37. The maximum absolute atomic E-state index is 12.2. The lowest BCUT2D eigenvalue weighted by atomic mass is 10.2. The Morgan fingerprint density at radius 1 is 1.29 bits per heavy atom. The number of rotatable bonds is 7. The van der Waals surface area contributed by atoms with Crippen LogP contribution in [-0.2, 0) is 11.3 Å². The van der Waals surface area contributed by atoms with E-state index in [2.05, 4.69) is 4.98 Å². The summed E-state index contributed by atoms with van der Waals surface area (Å²) in [5.41, 5.74) is 1.87. The third-order valence-electron chi connectivity index (χ3n) is 3.42. The summed E-state index contributed by atoms with van der Waals surface area (Å²) in [6.45, 7) is 2.99. The molecule has 2 aromatic rings. The number of hydrogen-bond acceptors (Lipinski definition) is 4. The normalized spacial score (nSPS) is 10.6. The fraction of sp³-hybridized carbons (Fsp3) is 0.263. The van der Waals surface area contributed by atoms with Gasteiger partial charge in [0.15, 0.2) is 11.5 Å². The fourth-order valence-electron chi connectivity index (χ4n) is 2.20. The van der Waals surface area contributed by atoms with Crippen molar-refractivity contribution in [3.63, 3.8) is 0 Å². The summed E-state index contributed by atoms with van der Waals surface area (Å²) in [6.07, 6.45) is 6.79. The number of benzene rings is 1. The molecule has 0 aliphatic carbocycles. The number of aromatic nitrogens is 1. The molecule has 5 nitrogen and oxygen atoms in total. The molecule has 5 heteroatoms. The first kappa shape index (κ1) is 17.5. The Balaban J connectivity index is 2.04. The standard InChI is InChI=1S/C19H22N2O3/c1-4-24-18-12-15(7-9-17(18)23-3)8-10-19(22)21(2)14-16-6-5-11-20-13-16/h5-13H,4,14H2,1-3H3/b10-8+. The third-order valence-corrected chi connectivity index (χ3v) is 3.42. The van der Waals surface area contributed by atoms with E-state index < -0.39 is 0 Å². The molecule has 1 heterocycles. The molecule has 126 valence electrons. The largest absolute Gasteiger partial charge is 0.493 e. The summed E-state index contributed by atoms with van der Waals surface area (Å²) >= 11 is 0. The van der Waals surface area contributed by atoms with Crippen LogP contribution in [0.1, 0.15) is 18.1 Å². The fourth-order valence-corrected chi connectivity index (χ4v) is 2.20. The molecule has 0 aliphatic rings. The first-order valence-electron chi connectivity index (χ1n) is 7.77. The number of hydrogen-bond donors (Lipinski definition) is 0. The van der Waals surface area contributed by atoms with Gasteiger partial charge in [-0.3, -0.25) is 9.78 Å². The summed E-state index contributed by atoms with van der Waals surface area (Å²) < 4.78 is 10.8. The van der Waals surface area contributed by atoms with Crippen molar-refractivity contribution in [1.29, 1.82) is 0 Å². The van der Waals surface area contributed by atoms with Gasteiger partial charge in [-0.25, -0.2) is 0 Å². The van der Waals surface area contributed by atoms with Gasteiger partial charge >= 0.3 is 0 Å². The molecule has 0 unspecified atom stereocenters. The van der Waals surface area contributed by atoms with Crippen LogP contribution < -0.4 is 9.47 Å². The molecule has 0 N–H and O–H groups in total. The highest BCUT2D eigenvalue weighted by molar-refractivity contribution is 5.91. The van der Waals surface area contributed by atoms with Crippen molar-refractivity contribution in [3.05, 3.63) is 59.9 Å². The molecule has 0 atom stereocenters. The van der Waals surface area contributed by atoms with Gasteiger partial charge in [0.05, 0.1) is 13.7 Å². The van der Waals surface area contributed by atoms with Crippen LogP contribution in [0.15, 0.2) is 48.8 Å². The van der Waals surface area contributed by atoms with E-state index in [0.717, 1.165) is 11.1 Å². The molecular formula is C19H22N2O3. The van der Waals surface area contributed by atoms with Gasteiger partial charge in [0.2, 0.25) is 5.91 Å². The minimum Gasteiger partial charge on any atom is -0.493 e. The molecule has 0 saturated carbocycles. The minimum atomic E-state index is -0.0763. The van der Waals surface area contributed by atoms with Crippen LogP contribution in [0.2, 0.25) is 0 Å². The van der Waals surface area contributed by atoms with Crippen molar-refractivity contribution in [2.75, 3.05) is 20.8 Å². The van der Waals surface area contributed by atoms with Crippen LogP contribution in [-0.4, -0.2) is 36.6 Å². The maximum Gasteiger partial charge on any atom is 0.246 e. The molecule has 0 saturated heterocycles. The number of carbonyl (C=O) groups excluding carboxylic acids is 1. The van der Waals surface area contributed by atoms with Crippen LogP contribution in [0.3, 0.4) is 0 Å². The number of nitrogens with zero attached hydrogens (tertiary/aromatic N) is 2. The maximum atomic E-state index is 12.2. The lowest BCUT2D eigenvalue weighted by Gasteiger charge is -2.14. The lowest BCUT2D eigenvalue weighted by molar-refractivity contribution is -0.125. The number of pyridine rings is 1. The van der Waals surface area contributed by atoms with Crippen molar-refractivity contribution in [1.82, 2.24) is 9.88 Å². The zero-order chi connectivity index (χ0) is 17.4. The molecular weight excluding hydrogens is 304 g/mol. The number of carbonyl (C=O) groups is 1. The van der Waals surface area contributed by atoms with Crippen molar-refractivity contribution in [2.45, 2.75) is 13.5 Å². The quantitative estimate of drug-likeness (QED) is 0.734. The van der Waals surface area contributed by atoms with E-state index in [0.29, 0.717) is 24.7 Å². The van der Waals surface area contributed by atoms with Crippen LogP contribution in [0.4, 0.5) is 0 Å². The average molecular weight is 326 g/mol. The molecule has 0 radical (unpaired) electrons. The molecule has 24 heavy (non-hydrogen) atoms. The SMILES string of the molecule is CCOc1cc(/C=C/C(=O)N(C)Cc2cccnc2)ccc1OC. The summed E-state index contributed by atoms with van der Waals surface area (Å²) in [5, 5.41) is 0. The summed E-state index contributed by atoms with van der Waals surface area (Å²) in [7, 11) is 3.36. The van der Waals surface area contributed by atoms with Gasteiger partial charge in [-0.15, -0.1) is 0 Å². The van der Waals surface area contributed by atoms with E-state index in [9.17, 15) is 4.79 Å². The zero-order valence-electron chi connectivity index (χ0n) is 14.2. The van der Waals surface area contributed by atoms with Crippen LogP contribution in [0.5, 0.6) is 11.5 Å². The number of methoxy groups -OCH3 is 1. The Bertz CT molecular complexity index is 699. The van der Waals surface area contributed by atoms with Gasteiger partial charge in [0.25, 0.3) is 0 Å². The van der Waals surface area contributed by atoms with E-state index in [-0.39, 0.29) is 5.91 Å². The average Bonchev–Trinajstić information content (AvgIpc) is 2.61. The minimum absolute atomic E-state index is 0.0763.